The molecule has 2 N–H and O–H groups in total. The Morgan fingerprint density at radius 1 is 1.25 bits per heavy atom. The fraction of sp³-hybridized carbons (Fsp3) is 0.467. The Balaban J connectivity index is 2.25. The van der Waals surface area contributed by atoms with Gasteiger partial charge < -0.3 is 15.4 Å². The topological polar surface area (TPSA) is 67.4 Å². The summed E-state index contributed by atoms with van der Waals surface area (Å²) in [6.07, 6.45) is 1.35. The summed E-state index contributed by atoms with van der Waals surface area (Å²) >= 11 is 0. The Hall–Kier alpha value is -2.04. The zero-order chi connectivity index (χ0) is 14.8. The van der Waals surface area contributed by atoms with Crippen LogP contribution < -0.4 is 10.6 Å². The van der Waals surface area contributed by atoms with Gasteiger partial charge in [-0.05, 0) is 18.9 Å². The number of amides is 2. The van der Waals surface area contributed by atoms with Gasteiger partial charge in [0.2, 0.25) is 5.91 Å². The molecular weight excluding hydrogens is 256 g/mol. The maximum atomic E-state index is 11.6. The highest BCUT2D eigenvalue weighted by molar-refractivity contribution is 5.85. The number of nitrogens with one attached hydrogen (secondary N) is 2. The molecule has 0 saturated carbocycles. The van der Waals surface area contributed by atoms with Crippen LogP contribution >= 0.6 is 0 Å². The molecule has 110 valence electrons. The van der Waals surface area contributed by atoms with Gasteiger partial charge in [-0.1, -0.05) is 43.7 Å². The standard InChI is InChI=1S/C15H22N2O3/c1-3-4-10-16-14(18)12(2)17-15(19)20-11-13-8-6-5-7-9-13/h5-9,12H,3-4,10-11H2,1-2H3,(H,16,18)(H,17,19)/t12-/m1/s1. The first-order valence-corrected chi connectivity index (χ1v) is 6.88. The van der Waals surface area contributed by atoms with Gasteiger partial charge in [0.15, 0.2) is 0 Å². The number of hydrogen-bond acceptors (Lipinski definition) is 3. The summed E-state index contributed by atoms with van der Waals surface area (Å²) in [6.45, 7) is 4.50. The lowest BCUT2D eigenvalue weighted by Crippen LogP contribution is -2.45. The van der Waals surface area contributed by atoms with E-state index in [-0.39, 0.29) is 12.5 Å². The van der Waals surface area contributed by atoms with E-state index in [0.29, 0.717) is 6.54 Å². The Kier molecular flexibility index (Phi) is 7.17. The minimum absolute atomic E-state index is 0.191. The lowest BCUT2D eigenvalue weighted by Gasteiger charge is -2.14. The van der Waals surface area contributed by atoms with E-state index in [9.17, 15) is 9.59 Å². The second-order valence-corrected chi connectivity index (χ2v) is 4.57. The SMILES string of the molecule is CCCCNC(=O)[C@@H](C)NC(=O)OCc1ccccc1. The van der Waals surface area contributed by atoms with E-state index in [1.165, 1.54) is 0 Å². The van der Waals surface area contributed by atoms with Crippen LogP contribution in [-0.4, -0.2) is 24.6 Å². The van der Waals surface area contributed by atoms with Crippen LogP contribution in [0.15, 0.2) is 30.3 Å². The second-order valence-electron chi connectivity index (χ2n) is 4.57. The fourth-order valence-corrected chi connectivity index (χ4v) is 1.55. The van der Waals surface area contributed by atoms with Crippen molar-refractivity contribution in [2.45, 2.75) is 39.3 Å². The van der Waals surface area contributed by atoms with Gasteiger partial charge in [0.05, 0.1) is 0 Å². The van der Waals surface area contributed by atoms with Crippen LogP contribution in [-0.2, 0) is 16.1 Å². The highest BCUT2D eigenvalue weighted by Crippen LogP contribution is 2.00. The number of alkyl carbamates (subject to hydrolysis) is 1. The van der Waals surface area contributed by atoms with Crippen molar-refractivity contribution in [1.29, 1.82) is 0 Å². The molecule has 0 saturated heterocycles. The molecule has 1 rings (SSSR count). The van der Waals surface area contributed by atoms with Gasteiger partial charge in [-0.3, -0.25) is 4.79 Å². The first kappa shape index (κ1) is 16.0. The molecule has 0 aliphatic carbocycles. The van der Waals surface area contributed by atoms with Crippen molar-refractivity contribution in [3.63, 3.8) is 0 Å². The quantitative estimate of drug-likeness (QED) is 0.751. The summed E-state index contributed by atoms with van der Waals surface area (Å²) in [7, 11) is 0. The monoisotopic (exact) mass is 278 g/mol. The van der Waals surface area contributed by atoms with Gasteiger partial charge in [0.1, 0.15) is 12.6 Å². The van der Waals surface area contributed by atoms with Crippen molar-refractivity contribution in [2.75, 3.05) is 6.54 Å². The number of unbranched alkanes of at least 4 members (excludes halogenated alkanes) is 1. The van der Waals surface area contributed by atoms with Gasteiger partial charge in [-0.15, -0.1) is 0 Å². The third-order valence-electron chi connectivity index (χ3n) is 2.77. The molecule has 1 atom stereocenters. The van der Waals surface area contributed by atoms with Crippen molar-refractivity contribution in [2.24, 2.45) is 0 Å². The van der Waals surface area contributed by atoms with Gasteiger partial charge in [-0.2, -0.15) is 0 Å². The largest absolute Gasteiger partial charge is 0.445 e. The van der Waals surface area contributed by atoms with E-state index in [0.717, 1.165) is 18.4 Å². The minimum atomic E-state index is -0.602. The lowest BCUT2D eigenvalue weighted by molar-refractivity contribution is -0.122. The van der Waals surface area contributed by atoms with Crippen molar-refractivity contribution in [3.8, 4) is 0 Å². The third kappa shape index (κ3) is 6.22. The van der Waals surface area contributed by atoms with Crippen molar-refractivity contribution in [3.05, 3.63) is 35.9 Å². The number of carbonyl (C=O) groups is 2. The van der Waals surface area contributed by atoms with E-state index in [4.69, 9.17) is 4.74 Å². The summed E-state index contributed by atoms with van der Waals surface area (Å²) in [5.74, 6) is -0.199. The van der Waals surface area contributed by atoms with Crippen LogP contribution in [0.2, 0.25) is 0 Å². The Labute approximate surface area is 119 Å². The average Bonchev–Trinajstić information content (AvgIpc) is 2.46. The van der Waals surface area contributed by atoms with E-state index < -0.39 is 12.1 Å². The maximum absolute atomic E-state index is 11.6. The molecule has 0 aliphatic rings. The van der Waals surface area contributed by atoms with Crippen molar-refractivity contribution < 1.29 is 14.3 Å². The molecule has 1 aromatic carbocycles. The van der Waals surface area contributed by atoms with Crippen LogP contribution in [0.3, 0.4) is 0 Å². The third-order valence-corrected chi connectivity index (χ3v) is 2.77. The zero-order valence-corrected chi connectivity index (χ0v) is 12.0. The predicted molar refractivity (Wildman–Crippen MR) is 77.1 cm³/mol. The van der Waals surface area contributed by atoms with Gasteiger partial charge in [0.25, 0.3) is 0 Å². The number of carbonyl (C=O) groups excluding carboxylic acids is 2. The maximum Gasteiger partial charge on any atom is 0.408 e. The number of benzene rings is 1. The second kappa shape index (κ2) is 8.96. The molecule has 2 amide bonds. The van der Waals surface area contributed by atoms with Gasteiger partial charge >= 0.3 is 6.09 Å². The molecule has 5 heteroatoms. The molecule has 5 nitrogen and oxygen atoms in total. The molecule has 0 aromatic heterocycles. The zero-order valence-electron chi connectivity index (χ0n) is 12.0. The van der Waals surface area contributed by atoms with Crippen LogP contribution in [0.25, 0.3) is 0 Å². The van der Waals surface area contributed by atoms with Crippen LogP contribution in [0.4, 0.5) is 4.79 Å². The van der Waals surface area contributed by atoms with E-state index in [1.807, 2.05) is 30.3 Å². The summed E-state index contributed by atoms with van der Waals surface area (Å²) in [5, 5.41) is 5.26. The number of rotatable bonds is 7. The molecule has 20 heavy (non-hydrogen) atoms. The highest BCUT2D eigenvalue weighted by atomic mass is 16.5. The molecule has 0 aliphatic heterocycles. The summed E-state index contributed by atoms with van der Waals surface area (Å²) in [5.41, 5.74) is 0.905. The average molecular weight is 278 g/mol. The summed E-state index contributed by atoms with van der Waals surface area (Å²) in [4.78, 5) is 23.2. The molecule has 0 spiro atoms. The number of ether oxygens (including phenoxy) is 1. The fourth-order valence-electron chi connectivity index (χ4n) is 1.55. The Morgan fingerprint density at radius 3 is 2.60 bits per heavy atom. The van der Waals surface area contributed by atoms with Crippen LogP contribution in [0.5, 0.6) is 0 Å². The van der Waals surface area contributed by atoms with Crippen LogP contribution in [0, 0.1) is 0 Å². The molecule has 0 fully saturated rings. The van der Waals surface area contributed by atoms with Crippen molar-refractivity contribution >= 4 is 12.0 Å². The smallest absolute Gasteiger partial charge is 0.408 e. The minimum Gasteiger partial charge on any atom is -0.445 e. The normalized spacial score (nSPS) is 11.5. The molecule has 0 bridgehead atoms. The Bertz CT molecular complexity index is 420. The Morgan fingerprint density at radius 2 is 1.95 bits per heavy atom. The van der Waals surface area contributed by atoms with Crippen molar-refractivity contribution in [1.82, 2.24) is 10.6 Å². The molecule has 0 heterocycles. The van der Waals surface area contributed by atoms with Crippen LogP contribution in [0.1, 0.15) is 32.3 Å². The van der Waals surface area contributed by atoms with Gasteiger partial charge in [-0.25, -0.2) is 4.79 Å². The lowest BCUT2D eigenvalue weighted by atomic mass is 10.2. The molecule has 1 aromatic rings. The van der Waals surface area contributed by atoms with Gasteiger partial charge in [0, 0.05) is 6.54 Å². The van der Waals surface area contributed by atoms with E-state index in [2.05, 4.69) is 17.6 Å². The molecule has 0 unspecified atom stereocenters. The highest BCUT2D eigenvalue weighted by Gasteiger charge is 2.15. The van der Waals surface area contributed by atoms with E-state index in [1.54, 1.807) is 6.92 Å². The summed E-state index contributed by atoms with van der Waals surface area (Å²) < 4.78 is 5.04. The molecule has 0 radical (unpaired) electrons. The first-order chi connectivity index (χ1) is 9.63. The predicted octanol–water partition coefficient (Wildman–Crippen LogP) is 2.22. The summed E-state index contributed by atoms with van der Waals surface area (Å²) in [6, 6.07) is 8.78. The molecular formula is C15H22N2O3. The first-order valence-electron chi connectivity index (χ1n) is 6.88. The van der Waals surface area contributed by atoms with E-state index >= 15 is 0 Å². The number of hydrogen-bond donors (Lipinski definition) is 2.